The van der Waals surface area contributed by atoms with Crippen molar-refractivity contribution in [2.45, 2.75) is 58.5 Å². The maximum atomic E-state index is 12.9. The van der Waals surface area contributed by atoms with E-state index in [4.69, 9.17) is 9.72 Å². The summed E-state index contributed by atoms with van der Waals surface area (Å²) in [5, 5.41) is 1.03. The first-order valence-electron chi connectivity index (χ1n) is 11.0. The second kappa shape index (κ2) is 8.26. The van der Waals surface area contributed by atoms with E-state index in [9.17, 15) is 9.59 Å². The topological polar surface area (TPSA) is 62.7 Å². The van der Waals surface area contributed by atoms with E-state index in [-0.39, 0.29) is 17.9 Å². The highest BCUT2D eigenvalue weighted by molar-refractivity contribution is 7.18. The molecular formula is C24H31N3O3S. The lowest BCUT2D eigenvalue weighted by Crippen LogP contribution is -2.39. The fraction of sp³-hybridized carbons (Fsp3) is 0.542. The van der Waals surface area contributed by atoms with E-state index in [1.807, 2.05) is 27.8 Å². The smallest absolute Gasteiger partial charge is 0.414 e. The average Bonchev–Trinajstić information content (AvgIpc) is 3.12. The van der Waals surface area contributed by atoms with Crippen molar-refractivity contribution in [3.63, 3.8) is 0 Å². The Balaban J connectivity index is 1.62. The second-order valence-electron chi connectivity index (χ2n) is 9.76. The van der Waals surface area contributed by atoms with Gasteiger partial charge in [0.25, 0.3) is 0 Å². The normalized spacial score (nSPS) is 22.6. The standard InChI is InChI=1S/C24H31N3O3S/c1-15-6-8-19(27(14-15)23(29)30-24(2,3)4)16-7-9-20-18(12-16)25-22(31-20)17-10-11-26(5)21(28)13-17/h7-9,12,15,17H,6,10-11,13-14H2,1-5H3. The van der Waals surface area contributed by atoms with E-state index in [1.165, 1.54) is 0 Å². The first-order chi connectivity index (χ1) is 14.6. The Bertz CT molecular complexity index is 1040. The van der Waals surface area contributed by atoms with Crippen molar-refractivity contribution >= 4 is 39.3 Å². The molecule has 0 N–H and O–H groups in total. The zero-order chi connectivity index (χ0) is 22.3. The van der Waals surface area contributed by atoms with Crippen LogP contribution in [0.25, 0.3) is 15.9 Å². The second-order valence-corrected chi connectivity index (χ2v) is 10.8. The van der Waals surface area contributed by atoms with E-state index < -0.39 is 5.60 Å². The molecule has 7 heteroatoms. The molecule has 2 amide bonds. The third-order valence-corrected chi connectivity index (χ3v) is 7.02. The summed E-state index contributed by atoms with van der Waals surface area (Å²) < 4.78 is 6.77. The predicted molar refractivity (Wildman–Crippen MR) is 124 cm³/mol. The van der Waals surface area contributed by atoms with Crippen LogP contribution in [-0.2, 0) is 9.53 Å². The fourth-order valence-electron chi connectivity index (χ4n) is 4.10. The van der Waals surface area contributed by atoms with Crippen LogP contribution in [0.5, 0.6) is 0 Å². The number of nitrogens with zero attached hydrogens (tertiary/aromatic N) is 3. The fourth-order valence-corrected chi connectivity index (χ4v) is 5.19. The minimum Gasteiger partial charge on any atom is -0.443 e. The zero-order valence-electron chi connectivity index (χ0n) is 19.0. The molecule has 2 atom stereocenters. The van der Waals surface area contributed by atoms with E-state index in [2.05, 4.69) is 31.2 Å². The van der Waals surface area contributed by atoms with Crippen LogP contribution >= 0.6 is 11.3 Å². The number of carbonyl (C=O) groups is 2. The Morgan fingerprint density at radius 1 is 1.29 bits per heavy atom. The van der Waals surface area contributed by atoms with Crippen LogP contribution in [0.4, 0.5) is 4.79 Å². The lowest BCUT2D eigenvalue weighted by Gasteiger charge is -2.33. The summed E-state index contributed by atoms with van der Waals surface area (Å²) in [6, 6.07) is 6.20. The minimum atomic E-state index is -0.540. The number of benzene rings is 1. The van der Waals surface area contributed by atoms with Gasteiger partial charge in [-0.2, -0.15) is 0 Å². The molecule has 2 unspecified atom stereocenters. The highest BCUT2D eigenvalue weighted by Crippen LogP contribution is 2.36. The predicted octanol–water partition coefficient (Wildman–Crippen LogP) is 5.25. The molecule has 31 heavy (non-hydrogen) atoms. The van der Waals surface area contributed by atoms with Crippen molar-refractivity contribution in [1.29, 1.82) is 0 Å². The number of piperidine rings is 1. The highest BCUT2D eigenvalue weighted by Gasteiger charge is 2.30. The van der Waals surface area contributed by atoms with Gasteiger partial charge in [0, 0.05) is 38.0 Å². The Morgan fingerprint density at radius 2 is 2.06 bits per heavy atom. The maximum absolute atomic E-state index is 12.9. The molecule has 0 radical (unpaired) electrons. The molecule has 0 aliphatic carbocycles. The van der Waals surface area contributed by atoms with E-state index in [0.29, 0.717) is 18.9 Å². The van der Waals surface area contributed by atoms with Gasteiger partial charge in [0.15, 0.2) is 0 Å². The first-order valence-corrected chi connectivity index (χ1v) is 11.8. The van der Waals surface area contributed by atoms with Gasteiger partial charge >= 0.3 is 6.09 Å². The van der Waals surface area contributed by atoms with Gasteiger partial charge in [-0.25, -0.2) is 9.78 Å². The molecule has 166 valence electrons. The lowest BCUT2D eigenvalue weighted by molar-refractivity contribution is -0.132. The molecular weight excluding hydrogens is 410 g/mol. The largest absolute Gasteiger partial charge is 0.443 e. The van der Waals surface area contributed by atoms with Crippen molar-refractivity contribution in [3.8, 4) is 0 Å². The molecule has 1 aromatic heterocycles. The van der Waals surface area contributed by atoms with Crippen molar-refractivity contribution in [1.82, 2.24) is 14.8 Å². The number of allylic oxidation sites excluding steroid dienone is 1. The van der Waals surface area contributed by atoms with Crippen molar-refractivity contribution in [2.75, 3.05) is 20.1 Å². The molecule has 1 fully saturated rings. The van der Waals surface area contributed by atoms with Crippen molar-refractivity contribution in [3.05, 3.63) is 34.8 Å². The van der Waals surface area contributed by atoms with Crippen LogP contribution in [0.15, 0.2) is 24.3 Å². The van der Waals surface area contributed by atoms with Crippen LogP contribution in [0.3, 0.4) is 0 Å². The van der Waals surface area contributed by atoms with Gasteiger partial charge in [0.05, 0.1) is 20.9 Å². The summed E-state index contributed by atoms with van der Waals surface area (Å²) in [6.45, 7) is 9.22. The highest BCUT2D eigenvalue weighted by atomic mass is 32.1. The van der Waals surface area contributed by atoms with E-state index >= 15 is 0 Å². The SMILES string of the molecule is CC1CC=C(c2ccc3sc(C4CCN(C)C(=O)C4)nc3c2)N(C(=O)OC(C)(C)C)C1. The molecule has 2 aromatic rings. The van der Waals surface area contributed by atoms with Crippen LogP contribution in [-0.4, -0.2) is 52.5 Å². The molecule has 1 saturated heterocycles. The van der Waals surface area contributed by atoms with Crippen molar-refractivity contribution in [2.24, 2.45) is 5.92 Å². The molecule has 4 rings (SSSR count). The number of aromatic nitrogens is 1. The van der Waals surface area contributed by atoms with E-state index in [1.54, 1.807) is 21.1 Å². The number of ether oxygens (including phenoxy) is 1. The number of hydrogen-bond acceptors (Lipinski definition) is 5. The Labute approximate surface area is 187 Å². The molecule has 1 aromatic carbocycles. The quantitative estimate of drug-likeness (QED) is 0.639. The molecule has 6 nitrogen and oxygen atoms in total. The first kappa shape index (κ1) is 21.8. The molecule has 0 bridgehead atoms. The van der Waals surface area contributed by atoms with Crippen LogP contribution < -0.4 is 0 Å². The molecule has 2 aliphatic rings. The van der Waals surface area contributed by atoms with Gasteiger partial charge in [-0.05, 0) is 51.7 Å². The van der Waals surface area contributed by atoms with Gasteiger partial charge < -0.3 is 9.64 Å². The number of amides is 2. The number of fused-ring (bicyclic) bond motifs is 1. The molecule has 0 saturated carbocycles. The van der Waals surface area contributed by atoms with Crippen LogP contribution in [0, 0.1) is 5.92 Å². The third-order valence-electron chi connectivity index (χ3n) is 5.82. The monoisotopic (exact) mass is 441 g/mol. The van der Waals surface area contributed by atoms with Crippen LogP contribution in [0.1, 0.15) is 63.4 Å². The lowest BCUT2D eigenvalue weighted by atomic mass is 9.97. The molecule has 0 spiro atoms. The number of hydrogen-bond donors (Lipinski definition) is 0. The van der Waals surface area contributed by atoms with Gasteiger partial charge in [-0.3, -0.25) is 9.69 Å². The summed E-state index contributed by atoms with van der Waals surface area (Å²) in [7, 11) is 1.86. The Morgan fingerprint density at radius 3 is 2.77 bits per heavy atom. The zero-order valence-corrected chi connectivity index (χ0v) is 19.8. The summed E-state index contributed by atoms with van der Waals surface area (Å²) >= 11 is 1.67. The summed E-state index contributed by atoms with van der Waals surface area (Å²) in [6.07, 6.45) is 4.21. The van der Waals surface area contributed by atoms with Gasteiger partial charge in [0.2, 0.25) is 5.91 Å². The van der Waals surface area contributed by atoms with Gasteiger partial charge in [0.1, 0.15) is 5.60 Å². The average molecular weight is 442 g/mol. The summed E-state index contributed by atoms with van der Waals surface area (Å²) in [4.78, 5) is 33.4. The van der Waals surface area contributed by atoms with Crippen molar-refractivity contribution < 1.29 is 14.3 Å². The summed E-state index contributed by atoms with van der Waals surface area (Å²) in [5.41, 5.74) is 2.25. The van der Waals surface area contributed by atoms with Gasteiger partial charge in [-0.1, -0.05) is 19.1 Å². The Kier molecular flexibility index (Phi) is 5.81. The number of likely N-dealkylation sites (tertiary alicyclic amines) is 1. The molecule has 2 aliphatic heterocycles. The number of rotatable bonds is 2. The van der Waals surface area contributed by atoms with E-state index in [0.717, 1.165) is 45.9 Å². The Hall–Kier alpha value is -2.41. The maximum Gasteiger partial charge on any atom is 0.414 e. The summed E-state index contributed by atoms with van der Waals surface area (Å²) in [5.74, 6) is 0.760. The van der Waals surface area contributed by atoms with Gasteiger partial charge in [-0.15, -0.1) is 11.3 Å². The third kappa shape index (κ3) is 4.76. The minimum absolute atomic E-state index is 0.186. The van der Waals surface area contributed by atoms with Crippen LogP contribution in [0.2, 0.25) is 0 Å². The number of carbonyl (C=O) groups excluding carboxylic acids is 2. The number of thiazole rings is 1. The molecule has 3 heterocycles.